The molecule has 4 saturated heterocycles. The van der Waals surface area contributed by atoms with E-state index in [0.29, 0.717) is 146 Å². The highest BCUT2D eigenvalue weighted by atomic mass is 16.6. The molecular formula is C94H136N18O17. The molecule has 12 rings (SSSR count). The molecule has 16 atom stereocenters. The maximum Gasteiger partial charge on any atom is 0.329 e. The zero-order valence-corrected chi connectivity index (χ0v) is 77.1. The minimum Gasteiger partial charge on any atom is -0.460 e. The molecule has 5 aromatic heterocycles. The number of piperazine rings is 2. The fourth-order valence-electron chi connectivity index (χ4n) is 18.1. The number of aliphatic hydroxyl groups excluding tert-OH is 3. The fourth-order valence-corrected chi connectivity index (χ4v) is 18.1. The second kappa shape index (κ2) is 47.7. The molecule has 129 heavy (non-hydrogen) atoms. The minimum atomic E-state index is -2.44. The number of nitrogens with two attached hydrogens (primary N) is 2. The lowest BCUT2D eigenvalue weighted by Crippen LogP contribution is -2.61. The number of hydrogen-bond acceptors (Lipinski definition) is 32. The molecule has 1 aromatic carbocycles. The van der Waals surface area contributed by atoms with Crippen LogP contribution in [-0.2, 0) is 65.5 Å². The Bertz CT molecular complexity index is 4850. The molecule has 5 aliphatic heterocycles. The van der Waals surface area contributed by atoms with Crippen molar-refractivity contribution in [1.29, 1.82) is 0 Å². The van der Waals surface area contributed by atoms with Gasteiger partial charge in [0.05, 0.1) is 47.2 Å². The summed E-state index contributed by atoms with van der Waals surface area (Å²) < 4.78 is 37.4. The Labute approximate surface area is 756 Å². The van der Waals surface area contributed by atoms with Gasteiger partial charge >= 0.3 is 5.97 Å². The number of piperidine rings is 1. The molecule has 2 bridgehead atoms. The van der Waals surface area contributed by atoms with Crippen molar-refractivity contribution in [3.05, 3.63) is 108 Å². The van der Waals surface area contributed by atoms with Crippen molar-refractivity contribution in [3.8, 4) is 11.3 Å². The number of cyclic esters (lactones) is 1. The van der Waals surface area contributed by atoms with Gasteiger partial charge in [-0.1, -0.05) is 76.2 Å². The summed E-state index contributed by atoms with van der Waals surface area (Å²) in [5.74, 6) is -5.64. The van der Waals surface area contributed by atoms with Crippen LogP contribution in [0.15, 0.2) is 106 Å². The molecule has 35 heteroatoms. The van der Waals surface area contributed by atoms with Crippen LogP contribution < -0.4 is 26.6 Å². The van der Waals surface area contributed by atoms with Crippen LogP contribution in [0.4, 0.5) is 23.7 Å². The fraction of sp³-hybridized carbons (Fsp3) is 0.628. The molecule has 9 N–H and O–H groups in total. The van der Waals surface area contributed by atoms with Crippen molar-refractivity contribution in [3.63, 3.8) is 0 Å². The summed E-state index contributed by atoms with van der Waals surface area (Å²) in [6.45, 7) is 23.5. The van der Waals surface area contributed by atoms with Gasteiger partial charge in [-0.25, -0.2) is 39.4 Å². The predicted octanol–water partition coefficient (Wildman–Crippen LogP) is 8.81. The number of nitrogen functional groups attached to an aromatic ring is 2. The summed E-state index contributed by atoms with van der Waals surface area (Å²) >= 11 is 0. The zero-order chi connectivity index (χ0) is 92.6. The number of oxazole rings is 1. The molecular weight excluding hydrogens is 1650 g/mol. The third kappa shape index (κ3) is 27.1. The Morgan fingerprint density at radius 1 is 0.752 bits per heavy atom. The first-order valence-corrected chi connectivity index (χ1v) is 45.9. The van der Waals surface area contributed by atoms with Crippen LogP contribution in [0.2, 0.25) is 0 Å². The van der Waals surface area contributed by atoms with E-state index in [2.05, 4.69) is 85.0 Å². The van der Waals surface area contributed by atoms with E-state index in [9.17, 15) is 49.2 Å². The van der Waals surface area contributed by atoms with Crippen molar-refractivity contribution < 1.29 is 82.1 Å². The Balaban J connectivity index is 0.000000298. The molecule has 704 valence electrons. The first-order chi connectivity index (χ1) is 61.9. The van der Waals surface area contributed by atoms with E-state index in [1.54, 1.807) is 71.9 Å². The third-order valence-electron chi connectivity index (χ3n) is 26.1. The van der Waals surface area contributed by atoms with E-state index in [0.717, 1.165) is 101 Å². The van der Waals surface area contributed by atoms with Crippen molar-refractivity contribution in [1.82, 2.24) is 64.7 Å². The van der Waals surface area contributed by atoms with Gasteiger partial charge in [-0.2, -0.15) is 10.1 Å². The zero-order valence-electron chi connectivity index (χ0n) is 77.1. The second-order valence-electron chi connectivity index (χ2n) is 36.0. The molecule has 2 amide bonds. The number of esters is 1. The number of fused-ring (bicyclic) bond motifs is 5. The van der Waals surface area contributed by atoms with Crippen LogP contribution >= 0.6 is 0 Å². The number of benzene rings is 1. The average Bonchev–Trinajstić information content (AvgIpc) is 1.66. The highest BCUT2D eigenvalue weighted by Crippen LogP contribution is 2.40. The maximum absolute atomic E-state index is 14.6. The molecule has 0 spiro atoms. The number of unbranched alkanes of at least 4 members (excludes halogenated alkanes) is 1. The number of methoxy groups -OCH3 is 3. The monoisotopic (exact) mass is 1790 g/mol. The number of carbonyl (C=O) groups is 6. The van der Waals surface area contributed by atoms with Gasteiger partial charge < -0.3 is 94.5 Å². The van der Waals surface area contributed by atoms with Crippen LogP contribution in [0.5, 0.6) is 0 Å². The standard InChI is InChI=1S/C64H100N6O14.C30H36N12O3/c1-40-17-13-12-14-18-41(2)54(79-9)35-50-24-20-46(7)64(78,84-50)60(75)61(76)70-26-16-15-19-51(70)62(77)83-55(43(4)33-47-22-25-52(72)56(34-47)80-10)36-53(73)42(3)32-45(6)58(74)59(81-11)57(44(5)31-40)67-82-39-49(71)23-21-48-37-65-63(66-38-48)69-29-27-68(8)28-30-69;1-19(43)5-4-9-40-11-13-41(14-12-40)30-34-16-21(17-35-30)28(44)33-8-2-3-10-42-27-24(26(31)36-18-37-27)25(39-42)20-6-7-23-22(15-20)38-29(32)45-23/h12-14,17-18,32,37-38,40,42-44,46-47,50-56,58-59,72-74,78H,15-16,19-31,33-36,39H2,1-11H3;6-7,15-18H,2-5,8-14H2,1H3,(H2,32,38)(H,33,44)(H2,31,36,37)/b14-12+,17-13+,41-18+,45-32+,67-57?;/t40-,42-,43-,44-,46-,47+,50+,51+,52-,53-,54+,55+,56-,58-,59+,64-;/m1./s1. The molecule has 10 heterocycles. The Kier molecular flexibility index (Phi) is 36.9. The van der Waals surface area contributed by atoms with Crippen LogP contribution in [0.3, 0.4) is 0 Å². The average molecular weight is 1790 g/mol. The predicted molar refractivity (Wildman–Crippen MR) is 489 cm³/mol. The van der Waals surface area contributed by atoms with E-state index in [-0.39, 0.29) is 85.7 Å². The van der Waals surface area contributed by atoms with Gasteiger partial charge in [0.15, 0.2) is 23.6 Å². The van der Waals surface area contributed by atoms with E-state index in [1.807, 2.05) is 68.8 Å². The molecule has 1 aliphatic carbocycles. The maximum atomic E-state index is 14.6. The van der Waals surface area contributed by atoms with E-state index < -0.39 is 84.1 Å². The highest BCUT2D eigenvalue weighted by molar-refractivity contribution is 6.39. The molecule has 6 aliphatic rings. The number of aryl methyl sites for hydroxylation is 2. The number of aromatic nitrogens is 9. The number of oxime groups is 1. The SMILES string of the molecule is CC(=O)CCCN1CCN(c2ncc(C(=O)NCCCCn3nc(-c4ccc5oc(N)nc5c4)c4c(N)ncnc43)cn2)CC1.CO[C@H]1C[C@@H]2CC[C@@H](C)[C@@](O)(O2)C(=O)C(=O)N2CCCC[C@H]2C(=O)O[C@H]([C@H](C)C[C@@H]2CC[C@@H](O)[C@H](OC)C2)C[C@@H](O)[C@H](C)/C=C(\C)[C@@H](O)[C@@H](OC)C(=NOCC(=O)CCc2cnc(N3CCN(C)CC3)nc2)[C@H](C)C[C@H](C)/C=C/C=C/C=C/1C. The lowest BCUT2D eigenvalue weighted by Gasteiger charge is -2.43. The van der Waals surface area contributed by atoms with Gasteiger partial charge in [0, 0.05) is 167 Å². The number of carbonyl (C=O) groups excluding carboxylic acids is 6. The number of aliphatic hydroxyl groups is 4. The number of nitrogens with one attached hydrogen (secondary N) is 1. The largest absolute Gasteiger partial charge is 0.460 e. The number of Topliss-reactive ketones (excluding diaryl/α,β-unsaturated/α-hetero) is 3. The number of ketones is 3. The number of ether oxygens (including phenoxy) is 5. The van der Waals surface area contributed by atoms with Crippen LogP contribution in [-0.4, -0.2) is 288 Å². The molecule has 0 unspecified atom stereocenters. The highest BCUT2D eigenvalue weighted by Gasteiger charge is 2.53. The minimum absolute atomic E-state index is 0.00488. The Morgan fingerprint density at radius 2 is 1.47 bits per heavy atom. The lowest BCUT2D eigenvalue weighted by molar-refractivity contribution is -0.265. The summed E-state index contributed by atoms with van der Waals surface area (Å²) in [5.41, 5.74) is 18.2. The van der Waals surface area contributed by atoms with Crippen LogP contribution in [0.1, 0.15) is 180 Å². The number of nitrogens with zero attached hydrogens (tertiary/aromatic N) is 15. The van der Waals surface area contributed by atoms with Crippen LogP contribution in [0, 0.1) is 35.5 Å². The van der Waals surface area contributed by atoms with Gasteiger partial charge in [-0.05, 0) is 177 Å². The first-order valence-electron chi connectivity index (χ1n) is 45.9. The summed E-state index contributed by atoms with van der Waals surface area (Å²) in [6, 6.07) is 4.48. The number of rotatable bonds is 25. The van der Waals surface area contributed by atoms with Crippen molar-refractivity contribution in [2.24, 2.45) is 40.7 Å². The van der Waals surface area contributed by atoms with Gasteiger partial charge in [-0.15, -0.1) is 0 Å². The molecule has 5 fully saturated rings. The number of allylic oxidation sites excluding steroid dienone is 5. The number of amides is 2. The molecule has 0 radical (unpaired) electrons. The normalized spacial score (nSPS) is 28.7. The summed E-state index contributed by atoms with van der Waals surface area (Å²) in [5, 5.41) is 60.0. The smallest absolute Gasteiger partial charge is 0.329 e. The van der Waals surface area contributed by atoms with Crippen molar-refractivity contribution in [2.75, 3.05) is 128 Å². The summed E-state index contributed by atoms with van der Waals surface area (Å²) in [7, 11) is 6.74. The quantitative estimate of drug-likeness (QED) is 0.00924. The Hall–Kier alpha value is -9.95. The van der Waals surface area contributed by atoms with Crippen molar-refractivity contribution in [2.45, 2.75) is 238 Å². The van der Waals surface area contributed by atoms with Gasteiger partial charge in [0.1, 0.15) is 53.5 Å². The molecule has 35 nitrogen and oxygen atoms in total. The number of likely N-dealkylation sites (N-methyl/N-ethyl adjacent to an activating group) is 1. The topological polar surface area (TPSA) is 453 Å². The summed E-state index contributed by atoms with van der Waals surface area (Å²) in [6.07, 6.45) is 22.6. The summed E-state index contributed by atoms with van der Waals surface area (Å²) in [4.78, 5) is 127. The van der Waals surface area contributed by atoms with E-state index in [4.69, 9.17) is 49.5 Å². The van der Waals surface area contributed by atoms with Crippen LogP contribution in [0.25, 0.3) is 33.4 Å². The van der Waals surface area contributed by atoms with E-state index >= 15 is 0 Å². The van der Waals surface area contributed by atoms with Crippen molar-refractivity contribution >= 4 is 86.7 Å². The van der Waals surface area contributed by atoms with Gasteiger partial charge in [0.25, 0.3) is 23.6 Å². The Morgan fingerprint density at radius 3 is 2.18 bits per heavy atom. The number of anilines is 4. The lowest BCUT2D eigenvalue weighted by atomic mass is 9.78. The van der Waals surface area contributed by atoms with E-state index in [1.165, 1.54) is 18.3 Å². The van der Waals surface area contributed by atoms with Gasteiger partial charge in [-0.3, -0.25) is 24.1 Å². The molecule has 6 aromatic rings. The molecule has 1 saturated carbocycles. The first kappa shape index (κ1) is 99.6. The van der Waals surface area contributed by atoms with Gasteiger partial charge in [0.2, 0.25) is 17.7 Å². The second-order valence-corrected chi connectivity index (χ2v) is 36.0. The number of hydrogen-bond donors (Lipinski definition) is 7. The third-order valence-corrected chi connectivity index (χ3v) is 26.1.